The number of rotatable bonds is 4. The fourth-order valence-corrected chi connectivity index (χ4v) is 4.78. The number of carbonyl (C=O) groups excluding carboxylic acids is 1. The first-order valence-corrected chi connectivity index (χ1v) is 10.4. The molecule has 0 bridgehead atoms. The van der Waals surface area contributed by atoms with Gasteiger partial charge in [-0.3, -0.25) is 14.6 Å². The van der Waals surface area contributed by atoms with Crippen LogP contribution in [0.25, 0.3) is 0 Å². The quantitative estimate of drug-likeness (QED) is 0.808. The lowest BCUT2D eigenvalue weighted by Crippen LogP contribution is -2.60. The summed E-state index contributed by atoms with van der Waals surface area (Å²) >= 11 is 6.38. The first-order chi connectivity index (χ1) is 12.6. The van der Waals surface area contributed by atoms with Crippen LogP contribution in [-0.2, 0) is 11.3 Å². The number of halogens is 1. The number of benzene rings is 1. The second kappa shape index (κ2) is 7.49. The van der Waals surface area contributed by atoms with Gasteiger partial charge in [0.25, 0.3) is 0 Å². The van der Waals surface area contributed by atoms with Crippen LogP contribution >= 0.6 is 11.6 Å². The van der Waals surface area contributed by atoms with Gasteiger partial charge in [0.15, 0.2) is 0 Å². The van der Waals surface area contributed by atoms with Gasteiger partial charge in [0.2, 0.25) is 5.91 Å². The highest BCUT2D eigenvalue weighted by Gasteiger charge is 2.42. The molecule has 1 saturated carbocycles. The van der Waals surface area contributed by atoms with E-state index < -0.39 is 0 Å². The molecule has 0 N–H and O–H groups in total. The van der Waals surface area contributed by atoms with Gasteiger partial charge >= 0.3 is 0 Å². The Morgan fingerprint density at radius 1 is 1.15 bits per heavy atom. The SMILES string of the molecule is CN1CCN(Cc2ccccc2Cl)C[C@@]12CCC(=O)N(CC1CC1)CC2. The summed E-state index contributed by atoms with van der Waals surface area (Å²) in [5.74, 6) is 1.14. The molecule has 1 atom stereocenters. The molecule has 142 valence electrons. The van der Waals surface area contributed by atoms with Crippen molar-refractivity contribution in [2.75, 3.05) is 39.8 Å². The lowest BCUT2D eigenvalue weighted by atomic mass is 9.86. The molecule has 3 fully saturated rings. The number of amides is 1. The van der Waals surface area contributed by atoms with Crippen LogP contribution < -0.4 is 0 Å². The summed E-state index contributed by atoms with van der Waals surface area (Å²) in [6.45, 7) is 5.94. The van der Waals surface area contributed by atoms with Gasteiger partial charge in [-0.25, -0.2) is 0 Å². The Bertz CT molecular complexity index is 662. The zero-order valence-corrected chi connectivity index (χ0v) is 16.5. The number of likely N-dealkylation sites (N-methyl/N-ethyl adjacent to an activating group) is 1. The smallest absolute Gasteiger partial charge is 0.222 e. The Morgan fingerprint density at radius 3 is 2.73 bits per heavy atom. The van der Waals surface area contributed by atoms with E-state index in [1.807, 2.05) is 12.1 Å². The van der Waals surface area contributed by atoms with E-state index in [0.29, 0.717) is 12.3 Å². The molecule has 1 spiro atoms. The van der Waals surface area contributed by atoms with Crippen molar-refractivity contribution in [1.82, 2.24) is 14.7 Å². The molecular formula is C21H30ClN3O. The second-order valence-electron chi connectivity index (χ2n) is 8.48. The number of carbonyl (C=O) groups is 1. The van der Waals surface area contributed by atoms with Crippen LogP contribution in [-0.4, -0.2) is 65.9 Å². The Kier molecular flexibility index (Phi) is 5.27. The topological polar surface area (TPSA) is 26.8 Å². The van der Waals surface area contributed by atoms with Crippen molar-refractivity contribution in [2.24, 2.45) is 5.92 Å². The molecule has 2 aliphatic heterocycles. The van der Waals surface area contributed by atoms with Gasteiger partial charge in [0.1, 0.15) is 0 Å². The van der Waals surface area contributed by atoms with Gasteiger partial charge < -0.3 is 4.90 Å². The van der Waals surface area contributed by atoms with E-state index in [-0.39, 0.29) is 5.54 Å². The summed E-state index contributed by atoms with van der Waals surface area (Å²) in [4.78, 5) is 19.8. The van der Waals surface area contributed by atoms with Crippen molar-refractivity contribution < 1.29 is 4.79 Å². The summed E-state index contributed by atoms with van der Waals surface area (Å²) in [6.07, 6.45) is 5.36. The Labute approximate surface area is 162 Å². The molecule has 4 rings (SSSR count). The molecule has 2 saturated heterocycles. The fourth-order valence-electron chi connectivity index (χ4n) is 4.58. The van der Waals surface area contributed by atoms with Gasteiger partial charge in [-0.05, 0) is 50.3 Å². The predicted molar refractivity (Wildman–Crippen MR) is 105 cm³/mol. The van der Waals surface area contributed by atoms with Crippen LogP contribution in [0, 0.1) is 5.92 Å². The molecular weight excluding hydrogens is 346 g/mol. The molecule has 1 amide bonds. The zero-order chi connectivity index (χ0) is 18.1. The minimum atomic E-state index is 0.119. The number of hydrogen-bond acceptors (Lipinski definition) is 3. The number of nitrogens with zero attached hydrogens (tertiary/aromatic N) is 3. The monoisotopic (exact) mass is 375 g/mol. The molecule has 0 radical (unpaired) electrons. The standard InChI is InChI=1S/C21H30ClN3O/c1-23-12-13-24(15-18-4-2-3-5-19(18)22)16-21(23)9-8-20(26)25(11-10-21)14-17-6-7-17/h2-5,17H,6-16H2,1H3/t21-/m0/s1. The highest BCUT2D eigenvalue weighted by molar-refractivity contribution is 6.31. The molecule has 0 aromatic heterocycles. The largest absolute Gasteiger partial charge is 0.342 e. The molecule has 1 aromatic carbocycles. The molecule has 26 heavy (non-hydrogen) atoms. The average molecular weight is 376 g/mol. The Hall–Kier alpha value is -1.10. The molecule has 1 aromatic rings. The van der Waals surface area contributed by atoms with E-state index in [9.17, 15) is 4.79 Å². The molecule has 3 aliphatic rings. The normalized spacial score (nSPS) is 28.5. The van der Waals surface area contributed by atoms with Gasteiger partial charge in [-0.15, -0.1) is 0 Å². The zero-order valence-electron chi connectivity index (χ0n) is 15.8. The van der Waals surface area contributed by atoms with Crippen LogP contribution in [0.4, 0.5) is 0 Å². The minimum absolute atomic E-state index is 0.119. The molecule has 2 heterocycles. The van der Waals surface area contributed by atoms with E-state index in [2.05, 4.69) is 33.9 Å². The Morgan fingerprint density at radius 2 is 1.96 bits per heavy atom. The van der Waals surface area contributed by atoms with Crippen LogP contribution in [0.3, 0.4) is 0 Å². The number of hydrogen-bond donors (Lipinski definition) is 0. The van der Waals surface area contributed by atoms with Crippen molar-refractivity contribution in [3.8, 4) is 0 Å². The molecule has 5 heteroatoms. The second-order valence-corrected chi connectivity index (χ2v) is 8.89. The Balaban J connectivity index is 1.45. The third kappa shape index (κ3) is 3.92. The lowest BCUT2D eigenvalue weighted by Gasteiger charge is -2.49. The average Bonchev–Trinajstić information content (AvgIpc) is 3.46. The van der Waals surface area contributed by atoms with Crippen molar-refractivity contribution in [1.29, 1.82) is 0 Å². The third-order valence-electron chi connectivity index (χ3n) is 6.61. The van der Waals surface area contributed by atoms with Gasteiger partial charge in [0.05, 0.1) is 0 Å². The summed E-state index contributed by atoms with van der Waals surface area (Å²) < 4.78 is 0. The van der Waals surface area contributed by atoms with Crippen molar-refractivity contribution in [2.45, 2.75) is 44.2 Å². The van der Waals surface area contributed by atoms with E-state index in [1.54, 1.807) is 0 Å². The summed E-state index contributed by atoms with van der Waals surface area (Å²) in [5.41, 5.74) is 1.32. The summed E-state index contributed by atoms with van der Waals surface area (Å²) in [5, 5.41) is 0.854. The fraction of sp³-hybridized carbons (Fsp3) is 0.667. The van der Waals surface area contributed by atoms with E-state index in [1.165, 1.54) is 18.4 Å². The number of likely N-dealkylation sites (tertiary alicyclic amines) is 1. The summed E-state index contributed by atoms with van der Waals surface area (Å²) in [7, 11) is 2.24. The highest BCUT2D eigenvalue weighted by Crippen LogP contribution is 2.35. The van der Waals surface area contributed by atoms with E-state index in [0.717, 1.165) is 63.1 Å². The first-order valence-electron chi connectivity index (χ1n) is 10.0. The first kappa shape index (κ1) is 18.3. The maximum absolute atomic E-state index is 12.6. The van der Waals surface area contributed by atoms with Crippen molar-refractivity contribution >= 4 is 17.5 Å². The van der Waals surface area contributed by atoms with Crippen molar-refractivity contribution in [3.05, 3.63) is 34.9 Å². The third-order valence-corrected chi connectivity index (χ3v) is 6.98. The van der Waals surface area contributed by atoms with Crippen LogP contribution in [0.5, 0.6) is 0 Å². The van der Waals surface area contributed by atoms with E-state index in [4.69, 9.17) is 11.6 Å². The van der Waals surface area contributed by atoms with E-state index >= 15 is 0 Å². The van der Waals surface area contributed by atoms with Crippen LogP contribution in [0.15, 0.2) is 24.3 Å². The van der Waals surface area contributed by atoms with Gasteiger partial charge in [0, 0.05) is 56.3 Å². The number of piperazine rings is 1. The molecule has 1 aliphatic carbocycles. The highest BCUT2D eigenvalue weighted by atomic mass is 35.5. The van der Waals surface area contributed by atoms with Crippen LogP contribution in [0.1, 0.15) is 37.7 Å². The van der Waals surface area contributed by atoms with Crippen molar-refractivity contribution in [3.63, 3.8) is 0 Å². The summed E-state index contributed by atoms with van der Waals surface area (Å²) in [6, 6.07) is 8.15. The van der Waals surface area contributed by atoms with Gasteiger partial charge in [-0.1, -0.05) is 29.8 Å². The maximum Gasteiger partial charge on any atom is 0.222 e. The predicted octanol–water partition coefficient (Wildman–Crippen LogP) is 3.25. The minimum Gasteiger partial charge on any atom is -0.342 e. The lowest BCUT2D eigenvalue weighted by molar-refractivity contribution is -0.131. The molecule has 0 unspecified atom stereocenters. The van der Waals surface area contributed by atoms with Gasteiger partial charge in [-0.2, -0.15) is 0 Å². The molecule has 4 nitrogen and oxygen atoms in total. The maximum atomic E-state index is 12.6. The van der Waals surface area contributed by atoms with Crippen LogP contribution in [0.2, 0.25) is 5.02 Å².